The van der Waals surface area contributed by atoms with Gasteiger partial charge in [0, 0.05) is 19.1 Å². The van der Waals surface area contributed by atoms with Crippen molar-refractivity contribution in [2.24, 2.45) is 0 Å². The van der Waals surface area contributed by atoms with E-state index in [1.54, 1.807) is 0 Å². The van der Waals surface area contributed by atoms with E-state index in [4.69, 9.17) is 4.74 Å². The molecule has 0 N–H and O–H groups in total. The molecular weight excluding hydrogens is 192 g/mol. The van der Waals surface area contributed by atoms with E-state index in [2.05, 4.69) is 4.90 Å². The van der Waals surface area contributed by atoms with Crippen molar-refractivity contribution < 1.29 is 9.53 Å². The maximum absolute atomic E-state index is 12.1. The van der Waals surface area contributed by atoms with Gasteiger partial charge in [0.25, 0.3) is 0 Å². The van der Waals surface area contributed by atoms with Crippen molar-refractivity contribution in [3.8, 4) is 0 Å². The normalized spacial score (nSPS) is 31.7. The van der Waals surface area contributed by atoms with Crippen molar-refractivity contribution in [3.63, 3.8) is 0 Å². The average Bonchev–Trinajstić information content (AvgIpc) is 2.75. The van der Waals surface area contributed by atoms with Gasteiger partial charge in [-0.3, -0.25) is 0 Å². The molecule has 1 saturated carbocycles. The van der Waals surface area contributed by atoms with Crippen LogP contribution in [0.1, 0.15) is 25.7 Å². The van der Waals surface area contributed by atoms with E-state index in [0.717, 1.165) is 26.2 Å². The molecule has 0 bridgehead atoms. The van der Waals surface area contributed by atoms with Crippen LogP contribution in [0.3, 0.4) is 0 Å². The van der Waals surface area contributed by atoms with E-state index >= 15 is 0 Å². The summed E-state index contributed by atoms with van der Waals surface area (Å²) in [5, 5.41) is 0. The number of urea groups is 1. The summed E-state index contributed by atoms with van der Waals surface area (Å²) < 4.78 is 5.17. The predicted molar refractivity (Wildman–Crippen MR) is 55.7 cm³/mol. The maximum Gasteiger partial charge on any atom is 0.320 e. The first-order valence-electron chi connectivity index (χ1n) is 6.02. The van der Waals surface area contributed by atoms with Crippen LogP contribution in [0.5, 0.6) is 0 Å². The maximum atomic E-state index is 12.1. The molecule has 3 aliphatic rings. The fourth-order valence-corrected chi connectivity index (χ4v) is 2.74. The second kappa shape index (κ2) is 3.67. The van der Waals surface area contributed by atoms with E-state index in [1.165, 1.54) is 25.7 Å². The Morgan fingerprint density at radius 3 is 2.67 bits per heavy atom. The molecule has 0 aromatic rings. The van der Waals surface area contributed by atoms with Gasteiger partial charge in [-0.1, -0.05) is 12.8 Å². The van der Waals surface area contributed by atoms with Gasteiger partial charge < -0.3 is 14.5 Å². The number of hydrogen-bond acceptors (Lipinski definition) is 2. The second-order valence-electron chi connectivity index (χ2n) is 4.82. The van der Waals surface area contributed by atoms with Gasteiger partial charge in [0.15, 0.2) is 0 Å². The minimum absolute atomic E-state index is 0.248. The Morgan fingerprint density at radius 1 is 1.27 bits per heavy atom. The Hall–Kier alpha value is -0.770. The Morgan fingerprint density at radius 2 is 2.00 bits per heavy atom. The van der Waals surface area contributed by atoms with E-state index < -0.39 is 0 Å². The molecule has 2 aliphatic heterocycles. The minimum Gasteiger partial charge on any atom is -0.371 e. The smallest absolute Gasteiger partial charge is 0.320 e. The summed E-state index contributed by atoms with van der Waals surface area (Å²) in [6.45, 7) is 3.47. The highest BCUT2D eigenvalue weighted by atomic mass is 16.6. The van der Waals surface area contributed by atoms with Gasteiger partial charge in [-0.05, 0) is 12.8 Å². The lowest BCUT2D eigenvalue weighted by Gasteiger charge is -2.23. The van der Waals surface area contributed by atoms with Crippen LogP contribution in [0.15, 0.2) is 0 Å². The topological polar surface area (TPSA) is 36.1 Å². The number of carbonyl (C=O) groups excluding carboxylic acids is 1. The van der Waals surface area contributed by atoms with Crippen LogP contribution >= 0.6 is 0 Å². The average molecular weight is 210 g/mol. The standard InChI is InChI=1S/C11H18N2O2/c14-11-12(7-10-8-15-10)5-6-13(11)9-3-1-2-4-9/h9-10H,1-8H2. The zero-order valence-electron chi connectivity index (χ0n) is 9.02. The molecule has 2 heterocycles. The van der Waals surface area contributed by atoms with Gasteiger partial charge in [-0.15, -0.1) is 0 Å². The highest BCUT2D eigenvalue weighted by molar-refractivity contribution is 5.77. The number of nitrogens with zero attached hydrogens (tertiary/aromatic N) is 2. The van der Waals surface area contributed by atoms with Gasteiger partial charge >= 0.3 is 6.03 Å². The van der Waals surface area contributed by atoms with Crippen LogP contribution in [0.4, 0.5) is 4.79 Å². The molecule has 3 rings (SSSR count). The Balaban J connectivity index is 1.59. The first kappa shape index (κ1) is 9.46. The molecule has 4 heteroatoms. The van der Waals surface area contributed by atoms with E-state index in [0.29, 0.717) is 12.1 Å². The lowest BCUT2D eigenvalue weighted by Crippen LogP contribution is -2.39. The summed E-state index contributed by atoms with van der Waals surface area (Å²) in [6, 6.07) is 0.778. The van der Waals surface area contributed by atoms with Crippen molar-refractivity contribution in [1.82, 2.24) is 9.80 Å². The Labute approximate surface area is 90.2 Å². The van der Waals surface area contributed by atoms with Crippen LogP contribution in [-0.4, -0.2) is 54.2 Å². The Bertz CT molecular complexity index is 259. The number of rotatable bonds is 3. The highest BCUT2D eigenvalue weighted by Crippen LogP contribution is 2.27. The minimum atomic E-state index is 0.248. The molecule has 1 unspecified atom stereocenters. The number of carbonyl (C=O) groups is 1. The fraction of sp³-hybridized carbons (Fsp3) is 0.909. The van der Waals surface area contributed by atoms with Crippen molar-refractivity contribution in [1.29, 1.82) is 0 Å². The second-order valence-corrected chi connectivity index (χ2v) is 4.82. The molecule has 0 aromatic carbocycles. The van der Waals surface area contributed by atoms with Gasteiger partial charge in [0.1, 0.15) is 0 Å². The van der Waals surface area contributed by atoms with Crippen molar-refractivity contribution in [3.05, 3.63) is 0 Å². The molecule has 0 radical (unpaired) electrons. The van der Waals surface area contributed by atoms with Crippen LogP contribution in [0, 0.1) is 0 Å². The Kier molecular flexibility index (Phi) is 2.31. The van der Waals surface area contributed by atoms with Gasteiger partial charge in [0.2, 0.25) is 0 Å². The van der Waals surface area contributed by atoms with Gasteiger partial charge in [-0.25, -0.2) is 4.79 Å². The fourth-order valence-electron chi connectivity index (χ4n) is 2.74. The lowest BCUT2D eigenvalue weighted by atomic mass is 10.2. The summed E-state index contributed by atoms with van der Waals surface area (Å²) in [7, 11) is 0. The monoisotopic (exact) mass is 210 g/mol. The largest absolute Gasteiger partial charge is 0.371 e. The third-order valence-corrected chi connectivity index (χ3v) is 3.72. The van der Waals surface area contributed by atoms with E-state index in [9.17, 15) is 4.79 Å². The summed E-state index contributed by atoms with van der Waals surface area (Å²) in [4.78, 5) is 16.1. The van der Waals surface area contributed by atoms with Crippen molar-refractivity contribution in [2.45, 2.75) is 37.8 Å². The third-order valence-electron chi connectivity index (χ3n) is 3.72. The molecule has 84 valence electrons. The van der Waals surface area contributed by atoms with Crippen molar-refractivity contribution in [2.75, 3.05) is 26.2 Å². The van der Waals surface area contributed by atoms with Gasteiger partial charge in [0.05, 0.1) is 19.3 Å². The summed E-state index contributed by atoms with van der Waals surface area (Å²) in [6.07, 6.45) is 5.33. The van der Waals surface area contributed by atoms with E-state index in [-0.39, 0.29) is 6.03 Å². The summed E-state index contributed by atoms with van der Waals surface area (Å²) in [5.74, 6) is 0. The first-order valence-corrected chi connectivity index (χ1v) is 6.02. The zero-order valence-corrected chi connectivity index (χ0v) is 9.02. The molecule has 0 aromatic heterocycles. The molecule has 4 nitrogen and oxygen atoms in total. The molecule has 15 heavy (non-hydrogen) atoms. The zero-order chi connectivity index (χ0) is 10.3. The summed E-state index contributed by atoms with van der Waals surface area (Å²) in [5.41, 5.74) is 0. The first-order chi connectivity index (χ1) is 7.34. The van der Waals surface area contributed by atoms with Crippen LogP contribution in [-0.2, 0) is 4.74 Å². The molecule has 2 amide bonds. The quantitative estimate of drug-likeness (QED) is 0.653. The van der Waals surface area contributed by atoms with Crippen LogP contribution in [0.25, 0.3) is 0 Å². The number of hydrogen-bond donors (Lipinski definition) is 0. The van der Waals surface area contributed by atoms with Gasteiger partial charge in [-0.2, -0.15) is 0 Å². The van der Waals surface area contributed by atoms with Crippen LogP contribution in [0.2, 0.25) is 0 Å². The number of ether oxygens (including phenoxy) is 1. The lowest BCUT2D eigenvalue weighted by molar-refractivity contribution is 0.175. The van der Waals surface area contributed by atoms with E-state index in [1.807, 2.05) is 4.90 Å². The van der Waals surface area contributed by atoms with Crippen LogP contribution < -0.4 is 0 Å². The SMILES string of the molecule is O=C1N(CC2CO2)CCN1C1CCCC1. The third kappa shape index (κ3) is 1.83. The van der Waals surface area contributed by atoms with Crippen molar-refractivity contribution >= 4 is 6.03 Å². The molecule has 1 aliphatic carbocycles. The molecular formula is C11H18N2O2. The molecule has 3 fully saturated rings. The molecule has 0 spiro atoms. The highest BCUT2D eigenvalue weighted by Gasteiger charge is 2.37. The number of epoxide rings is 1. The number of amides is 2. The molecule has 2 saturated heterocycles. The molecule has 1 atom stereocenters. The summed E-state index contributed by atoms with van der Waals surface area (Å²) >= 11 is 0. The predicted octanol–water partition coefficient (Wildman–Crippen LogP) is 1.07.